The largest absolute Gasteiger partial charge is 0.356 e. The van der Waals surface area contributed by atoms with E-state index in [0.29, 0.717) is 18.6 Å². The van der Waals surface area contributed by atoms with Gasteiger partial charge in [-0.2, -0.15) is 0 Å². The zero-order valence-corrected chi connectivity index (χ0v) is 18.1. The number of rotatable bonds is 8. The minimum absolute atomic E-state index is 0.113. The van der Waals surface area contributed by atoms with Crippen LogP contribution in [0, 0.1) is 0 Å². The van der Waals surface area contributed by atoms with Crippen LogP contribution in [0.4, 0.5) is 0 Å². The van der Waals surface area contributed by atoms with Crippen molar-refractivity contribution in [2.75, 3.05) is 20.1 Å². The lowest BCUT2D eigenvalue weighted by molar-refractivity contribution is 0.173. The summed E-state index contributed by atoms with van der Waals surface area (Å²) in [6.45, 7) is 18.3. The summed E-state index contributed by atoms with van der Waals surface area (Å²) in [7, 11) is 1.81. The van der Waals surface area contributed by atoms with Gasteiger partial charge in [-0.05, 0) is 34.1 Å². The lowest BCUT2D eigenvalue weighted by Gasteiger charge is -2.30. The Bertz CT molecular complexity index is 520. The predicted molar refractivity (Wildman–Crippen MR) is 111 cm³/mol. The molecule has 144 valence electrons. The molecule has 0 atom stereocenters. The molecule has 25 heavy (non-hydrogen) atoms. The predicted octanol–water partition coefficient (Wildman–Crippen LogP) is 3.61. The Kier molecular flexibility index (Phi) is 8.86. The van der Waals surface area contributed by atoms with Gasteiger partial charge in [-0.25, -0.2) is 4.98 Å². The minimum Gasteiger partial charge on any atom is -0.356 e. The second-order valence-corrected chi connectivity index (χ2v) is 8.88. The van der Waals surface area contributed by atoms with E-state index in [4.69, 9.17) is 4.98 Å². The maximum Gasteiger partial charge on any atom is 0.191 e. The van der Waals surface area contributed by atoms with Crippen LogP contribution in [0.5, 0.6) is 0 Å². The Morgan fingerprint density at radius 3 is 2.32 bits per heavy atom. The molecule has 1 heterocycles. The molecule has 0 bridgehead atoms. The number of guanidine groups is 1. The summed E-state index contributed by atoms with van der Waals surface area (Å²) in [6, 6.07) is 1.17. The molecule has 0 aromatic carbocycles. The fraction of sp³-hybridized carbons (Fsp3) is 0.789. The van der Waals surface area contributed by atoms with Crippen LogP contribution in [0.1, 0.15) is 65.6 Å². The molecule has 0 aliphatic rings. The van der Waals surface area contributed by atoms with E-state index in [1.807, 2.05) is 7.05 Å². The zero-order chi connectivity index (χ0) is 19.0. The van der Waals surface area contributed by atoms with E-state index in [-0.39, 0.29) is 5.41 Å². The fourth-order valence-electron chi connectivity index (χ4n) is 2.71. The van der Waals surface area contributed by atoms with Crippen molar-refractivity contribution in [3.8, 4) is 0 Å². The Labute approximate surface area is 158 Å². The summed E-state index contributed by atoms with van der Waals surface area (Å²) in [5.41, 5.74) is 1.19. The first-order valence-corrected chi connectivity index (χ1v) is 10.2. The highest BCUT2D eigenvalue weighted by atomic mass is 32.1. The molecule has 6 heteroatoms. The Morgan fingerprint density at radius 2 is 1.84 bits per heavy atom. The minimum atomic E-state index is 0.113. The van der Waals surface area contributed by atoms with Gasteiger partial charge in [-0.15, -0.1) is 11.3 Å². The highest BCUT2D eigenvalue weighted by molar-refractivity contribution is 7.09. The van der Waals surface area contributed by atoms with Crippen LogP contribution in [-0.2, 0) is 12.0 Å². The topological polar surface area (TPSA) is 52.6 Å². The smallest absolute Gasteiger partial charge is 0.191 e. The van der Waals surface area contributed by atoms with Gasteiger partial charge < -0.3 is 10.6 Å². The van der Waals surface area contributed by atoms with Gasteiger partial charge in [0, 0.05) is 43.0 Å². The highest BCUT2D eigenvalue weighted by Gasteiger charge is 2.18. The lowest BCUT2D eigenvalue weighted by Crippen LogP contribution is -2.41. The molecule has 1 aromatic rings. The quantitative estimate of drug-likeness (QED) is 0.419. The van der Waals surface area contributed by atoms with Crippen molar-refractivity contribution in [2.24, 2.45) is 4.99 Å². The second kappa shape index (κ2) is 10.1. The summed E-state index contributed by atoms with van der Waals surface area (Å²) in [5, 5.41) is 10.1. The van der Waals surface area contributed by atoms with Gasteiger partial charge in [0.25, 0.3) is 0 Å². The van der Waals surface area contributed by atoms with Gasteiger partial charge in [-0.3, -0.25) is 9.89 Å². The maximum absolute atomic E-state index is 4.71. The van der Waals surface area contributed by atoms with Crippen LogP contribution in [0.25, 0.3) is 0 Å². The van der Waals surface area contributed by atoms with Crippen molar-refractivity contribution in [3.63, 3.8) is 0 Å². The highest BCUT2D eigenvalue weighted by Crippen LogP contribution is 2.25. The molecule has 1 rings (SSSR count). The van der Waals surface area contributed by atoms with Gasteiger partial charge in [-0.1, -0.05) is 20.8 Å². The molecule has 0 unspecified atom stereocenters. The summed E-state index contributed by atoms with van der Waals surface area (Å²) >= 11 is 1.73. The first-order valence-electron chi connectivity index (χ1n) is 9.30. The molecule has 0 aliphatic carbocycles. The van der Waals surface area contributed by atoms with Crippen molar-refractivity contribution >= 4 is 17.3 Å². The summed E-state index contributed by atoms with van der Waals surface area (Å²) in [6.07, 6.45) is 1.10. The maximum atomic E-state index is 4.71. The van der Waals surface area contributed by atoms with E-state index >= 15 is 0 Å². The number of thiazole rings is 1. The van der Waals surface area contributed by atoms with Gasteiger partial charge in [0.1, 0.15) is 0 Å². The van der Waals surface area contributed by atoms with E-state index in [1.165, 1.54) is 5.01 Å². The Morgan fingerprint density at radius 1 is 1.20 bits per heavy atom. The summed E-state index contributed by atoms with van der Waals surface area (Å²) in [5.74, 6) is 0.839. The first kappa shape index (κ1) is 21.9. The van der Waals surface area contributed by atoms with Crippen molar-refractivity contribution in [3.05, 3.63) is 16.1 Å². The van der Waals surface area contributed by atoms with E-state index in [2.05, 4.69) is 74.4 Å². The van der Waals surface area contributed by atoms with E-state index in [1.54, 1.807) is 11.3 Å². The molecular weight excluding hydrogens is 330 g/mol. The molecule has 0 saturated carbocycles. The number of aliphatic imine (C=N–C) groups is 1. The molecule has 0 radical (unpaired) electrons. The number of nitrogens with zero attached hydrogens (tertiary/aromatic N) is 3. The average Bonchev–Trinajstić information content (AvgIpc) is 2.98. The first-order chi connectivity index (χ1) is 11.6. The van der Waals surface area contributed by atoms with E-state index in [9.17, 15) is 0 Å². The van der Waals surface area contributed by atoms with Gasteiger partial charge in [0.05, 0.1) is 17.2 Å². The van der Waals surface area contributed by atoms with Crippen LogP contribution < -0.4 is 10.6 Å². The standard InChI is InChI=1S/C19H37N5S/c1-14(2)24(15(3)4)11-9-10-21-18(20-8)22-12-16-13-25-17(23-16)19(5,6)7/h13-15H,9-12H2,1-8H3,(H2,20,21,22). The van der Waals surface area contributed by atoms with Crippen molar-refractivity contribution in [1.29, 1.82) is 0 Å². The third kappa shape index (κ3) is 7.74. The Balaban J connectivity index is 2.37. The molecule has 2 N–H and O–H groups in total. The van der Waals surface area contributed by atoms with Crippen molar-refractivity contribution in [2.45, 2.75) is 78.9 Å². The van der Waals surface area contributed by atoms with E-state index < -0.39 is 0 Å². The zero-order valence-electron chi connectivity index (χ0n) is 17.3. The van der Waals surface area contributed by atoms with Crippen LogP contribution in [0.3, 0.4) is 0 Å². The average molecular weight is 368 g/mol. The third-order valence-corrected chi connectivity index (χ3v) is 5.38. The summed E-state index contributed by atoms with van der Waals surface area (Å²) in [4.78, 5) is 11.5. The van der Waals surface area contributed by atoms with Gasteiger partial charge >= 0.3 is 0 Å². The summed E-state index contributed by atoms with van der Waals surface area (Å²) < 4.78 is 0. The third-order valence-electron chi connectivity index (χ3n) is 4.07. The van der Waals surface area contributed by atoms with E-state index in [0.717, 1.165) is 31.2 Å². The molecule has 0 fully saturated rings. The molecule has 0 saturated heterocycles. The monoisotopic (exact) mass is 367 g/mol. The normalized spacial score (nSPS) is 13.2. The molecular formula is C19H37N5S. The number of hydrogen-bond acceptors (Lipinski definition) is 4. The molecule has 1 aromatic heterocycles. The van der Waals surface area contributed by atoms with Crippen molar-refractivity contribution in [1.82, 2.24) is 20.5 Å². The Hall–Kier alpha value is -1.14. The number of aromatic nitrogens is 1. The molecule has 0 amide bonds. The fourth-order valence-corrected chi connectivity index (χ4v) is 3.62. The van der Waals surface area contributed by atoms with Crippen molar-refractivity contribution < 1.29 is 0 Å². The molecule has 0 spiro atoms. The van der Waals surface area contributed by atoms with Crippen LogP contribution in [0.15, 0.2) is 10.4 Å². The molecule has 5 nitrogen and oxygen atoms in total. The van der Waals surface area contributed by atoms with Crippen LogP contribution in [-0.4, -0.2) is 48.1 Å². The number of nitrogens with one attached hydrogen (secondary N) is 2. The molecule has 0 aliphatic heterocycles. The SMILES string of the molecule is CN=C(NCCCN(C(C)C)C(C)C)NCc1csc(C(C)(C)C)n1. The van der Waals surface area contributed by atoms with Gasteiger partial charge in [0.15, 0.2) is 5.96 Å². The van der Waals surface area contributed by atoms with Crippen LogP contribution >= 0.6 is 11.3 Å². The second-order valence-electron chi connectivity index (χ2n) is 8.03. The van der Waals surface area contributed by atoms with Gasteiger partial charge in [0.2, 0.25) is 0 Å². The number of hydrogen-bond donors (Lipinski definition) is 2. The lowest BCUT2D eigenvalue weighted by atomic mass is 9.98. The van der Waals surface area contributed by atoms with Crippen LogP contribution in [0.2, 0.25) is 0 Å².